The highest BCUT2D eigenvalue weighted by Gasteiger charge is 2.21. The number of anilines is 1. The summed E-state index contributed by atoms with van der Waals surface area (Å²) in [6, 6.07) is 14.4. The van der Waals surface area contributed by atoms with Crippen LogP contribution in [0.5, 0.6) is 0 Å². The molecule has 1 aromatic heterocycles. The number of sulfone groups is 1. The van der Waals surface area contributed by atoms with Gasteiger partial charge in [0.15, 0.2) is 15.0 Å². The molecule has 3 aromatic rings. The van der Waals surface area contributed by atoms with Gasteiger partial charge in [0, 0.05) is 12.2 Å². The van der Waals surface area contributed by atoms with Crippen LogP contribution in [0.3, 0.4) is 0 Å². The van der Waals surface area contributed by atoms with E-state index in [4.69, 9.17) is 0 Å². The number of thioether (sulfide) groups is 1. The van der Waals surface area contributed by atoms with Gasteiger partial charge in [-0.15, -0.1) is 16.8 Å². The SMILES string of the molecule is C=CCn1c(CS(=O)(=O)c2ccc(C)cc2)nnc1SCC(=O)Nc1ccccc1CC. The summed E-state index contributed by atoms with van der Waals surface area (Å²) in [5.41, 5.74) is 2.83. The Morgan fingerprint density at radius 1 is 1.16 bits per heavy atom. The number of nitrogens with one attached hydrogen (secondary N) is 1. The van der Waals surface area contributed by atoms with Crippen LogP contribution < -0.4 is 5.32 Å². The fourth-order valence-corrected chi connectivity index (χ4v) is 5.15. The minimum absolute atomic E-state index is 0.123. The van der Waals surface area contributed by atoms with Gasteiger partial charge in [-0.2, -0.15) is 0 Å². The lowest BCUT2D eigenvalue weighted by molar-refractivity contribution is -0.113. The minimum atomic E-state index is -3.58. The summed E-state index contributed by atoms with van der Waals surface area (Å²) in [4.78, 5) is 12.7. The molecular weight excluding hydrogens is 444 g/mol. The van der Waals surface area contributed by atoms with Gasteiger partial charge in [-0.1, -0.05) is 60.7 Å². The second kappa shape index (κ2) is 10.6. The summed E-state index contributed by atoms with van der Waals surface area (Å²) in [7, 11) is -3.58. The zero-order valence-corrected chi connectivity index (χ0v) is 19.7. The van der Waals surface area contributed by atoms with Crippen LogP contribution in [0, 0.1) is 6.92 Å². The van der Waals surface area contributed by atoms with E-state index in [1.165, 1.54) is 11.8 Å². The Morgan fingerprint density at radius 3 is 2.56 bits per heavy atom. The van der Waals surface area contributed by atoms with Gasteiger partial charge in [0.25, 0.3) is 0 Å². The number of nitrogens with zero attached hydrogens (tertiary/aromatic N) is 3. The van der Waals surface area contributed by atoms with Gasteiger partial charge in [0.05, 0.1) is 10.6 Å². The fourth-order valence-electron chi connectivity index (χ4n) is 3.11. The van der Waals surface area contributed by atoms with Gasteiger partial charge in [-0.25, -0.2) is 8.42 Å². The summed E-state index contributed by atoms with van der Waals surface area (Å²) < 4.78 is 27.3. The second-order valence-corrected chi connectivity index (χ2v) is 10.1. The Hall–Kier alpha value is -2.91. The number of allylic oxidation sites excluding steroid dienone is 1. The molecule has 32 heavy (non-hydrogen) atoms. The van der Waals surface area contributed by atoms with Crippen LogP contribution in [-0.4, -0.2) is 34.8 Å². The number of benzene rings is 2. The number of carbonyl (C=O) groups excluding carboxylic acids is 1. The maximum Gasteiger partial charge on any atom is 0.234 e. The van der Waals surface area contributed by atoms with Crippen molar-refractivity contribution < 1.29 is 13.2 Å². The van der Waals surface area contributed by atoms with Crippen molar-refractivity contribution in [1.82, 2.24) is 14.8 Å². The highest BCUT2D eigenvalue weighted by Crippen LogP contribution is 2.22. The highest BCUT2D eigenvalue weighted by molar-refractivity contribution is 7.99. The van der Waals surface area contributed by atoms with Crippen molar-refractivity contribution in [2.45, 2.75) is 42.6 Å². The predicted molar refractivity (Wildman–Crippen MR) is 127 cm³/mol. The van der Waals surface area contributed by atoms with E-state index < -0.39 is 9.84 Å². The van der Waals surface area contributed by atoms with E-state index in [1.807, 2.05) is 38.1 Å². The standard InChI is InChI=1S/C23H26N4O3S2/c1-4-14-27-21(16-32(29,30)19-12-10-17(3)11-13-19)25-26-23(27)31-15-22(28)24-20-9-7-6-8-18(20)5-2/h4,6-13H,1,5,14-16H2,2-3H3,(H,24,28). The van der Waals surface area contributed by atoms with Crippen LogP contribution in [0.25, 0.3) is 0 Å². The summed E-state index contributed by atoms with van der Waals surface area (Å²) in [6.45, 7) is 8.01. The molecule has 168 valence electrons. The van der Waals surface area contributed by atoms with Crippen LogP contribution in [0.15, 0.2) is 71.2 Å². The number of hydrogen-bond acceptors (Lipinski definition) is 6. The largest absolute Gasteiger partial charge is 0.325 e. The van der Waals surface area contributed by atoms with E-state index in [1.54, 1.807) is 34.9 Å². The Morgan fingerprint density at radius 2 is 1.88 bits per heavy atom. The molecule has 3 rings (SSSR count). The monoisotopic (exact) mass is 470 g/mol. The maximum absolute atomic E-state index is 12.8. The van der Waals surface area contributed by atoms with E-state index in [0.717, 1.165) is 23.2 Å². The molecule has 1 N–H and O–H groups in total. The maximum atomic E-state index is 12.8. The molecule has 0 aliphatic rings. The summed E-state index contributed by atoms with van der Waals surface area (Å²) >= 11 is 1.21. The molecular formula is C23H26N4O3S2. The molecule has 0 saturated carbocycles. The number of amides is 1. The molecule has 0 radical (unpaired) electrons. The molecule has 0 spiro atoms. The zero-order valence-electron chi connectivity index (χ0n) is 18.1. The number of hydrogen-bond donors (Lipinski definition) is 1. The van der Waals surface area contributed by atoms with Gasteiger partial charge in [0.1, 0.15) is 11.6 Å². The quantitative estimate of drug-likeness (QED) is 0.355. The molecule has 0 saturated heterocycles. The van der Waals surface area contributed by atoms with Crippen molar-refractivity contribution in [3.8, 4) is 0 Å². The van der Waals surface area contributed by atoms with E-state index >= 15 is 0 Å². The van der Waals surface area contributed by atoms with Crippen LogP contribution >= 0.6 is 11.8 Å². The third-order valence-corrected chi connectivity index (χ3v) is 7.40. The molecule has 1 heterocycles. The third kappa shape index (κ3) is 5.86. The van der Waals surface area contributed by atoms with Crippen LogP contribution in [0.4, 0.5) is 5.69 Å². The molecule has 0 fully saturated rings. The number of carbonyl (C=O) groups is 1. The van der Waals surface area contributed by atoms with Gasteiger partial charge in [-0.3, -0.25) is 4.79 Å². The average molecular weight is 471 g/mol. The van der Waals surface area contributed by atoms with Gasteiger partial charge >= 0.3 is 0 Å². The second-order valence-electron chi connectivity index (χ2n) is 7.22. The molecule has 2 aromatic carbocycles. The smallest absolute Gasteiger partial charge is 0.234 e. The number of para-hydroxylation sites is 1. The highest BCUT2D eigenvalue weighted by atomic mass is 32.2. The first kappa shape index (κ1) is 23.7. The number of aryl methyl sites for hydroxylation is 2. The normalized spacial score (nSPS) is 11.3. The Bertz CT molecular complexity index is 1200. The molecule has 0 aliphatic carbocycles. The first-order chi connectivity index (χ1) is 15.3. The van der Waals surface area contributed by atoms with Crippen LogP contribution in [-0.2, 0) is 33.4 Å². The number of rotatable bonds is 10. The molecule has 7 nitrogen and oxygen atoms in total. The lowest BCUT2D eigenvalue weighted by atomic mass is 10.1. The summed E-state index contributed by atoms with van der Waals surface area (Å²) in [6.07, 6.45) is 2.46. The summed E-state index contributed by atoms with van der Waals surface area (Å²) in [5, 5.41) is 11.6. The van der Waals surface area contributed by atoms with Crippen molar-refractivity contribution in [2.75, 3.05) is 11.1 Å². The van der Waals surface area contributed by atoms with Crippen molar-refractivity contribution in [2.24, 2.45) is 0 Å². The van der Waals surface area contributed by atoms with E-state index in [-0.39, 0.29) is 22.3 Å². The van der Waals surface area contributed by atoms with E-state index in [0.29, 0.717) is 17.5 Å². The topological polar surface area (TPSA) is 93.9 Å². The molecule has 0 atom stereocenters. The molecule has 0 unspecified atom stereocenters. The van der Waals surface area contributed by atoms with Gasteiger partial charge < -0.3 is 9.88 Å². The number of aromatic nitrogens is 3. The Labute approximate surface area is 192 Å². The van der Waals surface area contributed by atoms with Crippen molar-refractivity contribution in [3.63, 3.8) is 0 Å². The van der Waals surface area contributed by atoms with Crippen LogP contribution in [0.1, 0.15) is 23.9 Å². The Kier molecular flexibility index (Phi) is 7.87. The van der Waals surface area contributed by atoms with Gasteiger partial charge in [-0.05, 0) is 37.1 Å². The van der Waals surface area contributed by atoms with Crippen molar-refractivity contribution >= 4 is 33.2 Å². The fraction of sp³-hybridized carbons (Fsp3) is 0.261. The van der Waals surface area contributed by atoms with Gasteiger partial charge in [0.2, 0.25) is 5.91 Å². The van der Waals surface area contributed by atoms with E-state index in [2.05, 4.69) is 22.1 Å². The van der Waals surface area contributed by atoms with Crippen molar-refractivity contribution in [3.05, 3.63) is 78.1 Å². The molecule has 1 amide bonds. The lowest BCUT2D eigenvalue weighted by Gasteiger charge is -2.10. The van der Waals surface area contributed by atoms with Crippen LogP contribution in [0.2, 0.25) is 0 Å². The summed E-state index contributed by atoms with van der Waals surface area (Å²) in [5.74, 6) is -0.0199. The predicted octanol–water partition coefficient (Wildman–Crippen LogP) is 4.04. The molecule has 9 heteroatoms. The minimum Gasteiger partial charge on any atom is -0.325 e. The average Bonchev–Trinajstić information content (AvgIpc) is 3.14. The first-order valence-corrected chi connectivity index (χ1v) is 12.8. The van der Waals surface area contributed by atoms with Crippen molar-refractivity contribution in [1.29, 1.82) is 0 Å². The zero-order chi connectivity index (χ0) is 23.1. The molecule has 0 bridgehead atoms. The molecule has 0 aliphatic heterocycles. The Balaban J connectivity index is 1.72. The third-order valence-electron chi connectivity index (χ3n) is 4.81. The van der Waals surface area contributed by atoms with E-state index in [9.17, 15) is 13.2 Å². The first-order valence-electron chi connectivity index (χ1n) is 10.2. The lowest BCUT2D eigenvalue weighted by Crippen LogP contribution is -2.16.